The van der Waals surface area contributed by atoms with E-state index in [9.17, 15) is 18.0 Å². The number of nitrogens with zero attached hydrogens (tertiary/aromatic N) is 2. The first-order valence-electron chi connectivity index (χ1n) is 10.5. The minimum atomic E-state index is -3.82. The normalized spacial score (nSPS) is 13.2. The van der Waals surface area contributed by atoms with Gasteiger partial charge in [-0.2, -0.15) is 0 Å². The van der Waals surface area contributed by atoms with E-state index in [1.54, 1.807) is 25.1 Å². The lowest BCUT2D eigenvalue weighted by molar-refractivity contribution is -0.139. The highest BCUT2D eigenvalue weighted by molar-refractivity contribution is 9.10. The molecule has 2 aromatic rings. The first-order chi connectivity index (χ1) is 15.4. The summed E-state index contributed by atoms with van der Waals surface area (Å²) in [7, 11) is -3.82. The number of sulfonamides is 1. The molecule has 0 bridgehead atoms. The lowest BCUT2D eigenvalue weighted by atomic mass is 10.1. The number of hydrogen-bond acceptors (Lipinski definition) is 4. The van der Waals surface area contributed by atoms with Crippen LogP contribution in [0.5, 0.6) is 0 Å². The predicted molar refractivity (Wildman–Crippen MR) is 136 cm³/mol. The summed E-state index contributed by atoms with van der Waals surface area (Å²) in [5, 5.41) is 3.10. The Hall–Kier alpha value is -2.10. The molecule has 2 amide bonds. The van der Waals surface area contributed by atoms with Crippen molar-refractivity contribution in [3.05, 3.63) is 63.6 Å². The summed E-state index contributed by atoms with van der Waals surface area (Å²) >= 11 is 9.60. The van der Waals surface area contributed by atoms with Crippen LogP contribution in [0.2, 0.25) is 5.02 Å². The van der Waals surface area contributed by atoms with Crippen molar-refractivity contribution in [1.29, 1.82) is 0 Å². The highest BCUT2D eigenvalue weighted by atomic mass is 79.9. The van der Waals surface area contributed by atoms with Crippen LogP contribution in [0.4, 0.5) is 5.69 Å². The molecule has 0 fully saturated rings. The van der Waals surface area contributed by atoms with Crippen LogP contribution < -0.4 is 9.62 Å². The summed E-state index contributed by atoms with van der Waals surface area (Å²) in [5.41, 5.74) is 1.01. The predicted octanol–water partition coefficient (Wildman–Crippen LogP) is 4.20. The Morgan fingerprint density at radius 2 is 1.70 bits per heavy atom. The molecule has 0 radical (unpaired) electrons. The minimum absolute atomic E-state index is 0.0553. The highest BCUT2D eigenvalue weighted by Gasteiger charge is 2.31. The van der Waals surface area contributed by atoms with Crippen LogP contribution in [0.1, 0.15) is 32.8 Å². The van der Waals surface area contributed by atoms with Gasteiger partial charge < -0.3 is 10.2 Å². The lowest BCUT2D eigenvalue weighted by Gasteiger charge is -2.32. The van der Waals surface area contributed by atoms with Crippen molar-refractivity contribution in [2.24, 2.45) is 0 Å². The van der Waals surface area contributed by atoms with Gasteiger partial charge in [-0.15, -0.1) is 0 Å². The molecule has 2 aromatic carbocycles. The van der Waals surface area contributed by atoms with Gasteiger partial charge in [0.2, 0.25) is 21.8 Å². The van der Waals surface area contributed by atoms with E-state index in [1.165, 1.54) is 11.0 Å². The molecule has 7 nitrogen and oxygen atoms in total. The Bertz CT molecular complexity index is 1080. The average Bonchev–Trinajstić information content (AvgIpc) is 2.76. The smallest absolute Gasteiger partial charge is 0.244 e. The molecule has 0 unspecified atom stereocenters. The third-order valence-electron chi connectivity index (χ3n) is 5.23. The monoisotopic (exact) mass is 557 g/mol. The van der Waals surface area contributed by atoms with Crippen molar-refractivity contribution in [3.8, 4) is 0 Å². The van der Waals surface area contributed by atoms with Gasteiger partial charge in [0.1, 0.15) is 12.6 Å². The van der Waals surface area contributed by atoms with E-state index in [2.05, 4.69) is 21.2 Å². The van der Waals surface area contributed by atoms with Gasteiger partial charge >= 0.3 is 0 Å². The SMILES string of the molecule is CC[C@@H](C)NC(=O)[C@@H](C)N(Cc1ccc(Br)cc1)C(=O)CN(c1ccccc1Cl)S(C)(=O)=O. The van der Waals surface area contributed by atoms with Crippen molar-refractivity contribution in [2.75, 3.05) is 17.1 Å². The summed E-state index contributed by atoms with van der Waals surface area (Å²) in [6, 6.07) is 12.9. The Kier molecular flexibility index (Phi) is 9.75. The molecular formula is C23H29BrClN3O4S. The number of benzene rings is 2. The maximum Gasteiger partial charge on any atom is 0.244 e. The van der Waals surface area contributed by atoms with Gasteiger partial charge in [0.05, 0.1) is 17.0 Å². The van der Waals surface area contributed by atoms with Gasteiger partial charge in [-0.3, -0.25) is 13.9 Å². The summed E-state index contributed by atoms with van der Waals surface area (Å²) in [4.78, 5) is 27.7. The van der Waals surface area contributed by atoms with Crippen LogP contribution in [0.15, 0.2) is 53.0 Å². The molecule has 0 heterocycles. The van der Waals surface area contributed by atoms with E-state index in [0.29, 0.717) is 0 Å². The molecule has 0 aliphatic carbocycles. The molecule has 2 rings (SSSR count). The number of carbonyl (C=O) groups is 2. The van der Waals surface area contributed by atoms with Crippen LogP contribution in [0.3, 0.4) is 0 Å². The summed E-state index contributed by atoms with van der Waals surface area (Å²) < 4.78 is 26.9. The summed E-state index contributed by atoms with van der Waals surface area (Å²) in [5.74, 6) is -0.825. The molecule has 1 N–H and O–H groups in total. The standard InChI is InChI=1S/C23H29BrClN3O4S/c1-5-16(2)26-23(30)17(3)27(14-18-10-12-19(24)13-11-18)22(29)15-28(33(4,31)32)21-9-7-6-8-20(21)25/h6-13,16-17H,5,14-15H2,1-4H3,(H,26,30)/t16-,17-/m1/s1. The Morgan fingerprint density at radius 1 is 1.09 bits per heavy atom. The Labute approximate surface area is 209 Å². The highest BCUT2D eigenvalue weighted by Crippen LogP contribution is 2.27. The molecule has 0 saturated carbocycles. The zero-order valence-corrected chi connectivity index (χ0v) is 22.2. The number of halogens is 2. The Balaban J connectivity index is 2.39. The van der Waals surface area contributed by atoms with Crippen LogP contribution in [0.25, 0.3) is 0 Å². The van der Waals surface area contributed by atoms with Gasteiger partial charge in [-0.1, -0.05) is 58.7 Å². The zero-order valence-electron chi connectivity index (χ0n) is 19.1. The lowest BCUT2D eigenvalue weighted by Crippen LogP contribution is -2.52. The second kappa shape index (κ2) is 11.9. The van der Waals surface area contributed by atoms with E-state index in [-0.39, 0.29) is 29.2 Å². The number of carbonyl (C=O) groups excluding carboxylic acids is 2. The van der Waals surface area contributed by atoms with Gasteiger partial charge in [-0.25, -0.2) is 8.42 Å². The van der Waals surface area contributed by atoms with E-state index < -0.39 is 28.5 Å². The molecule has 0 aliphatic heterocycles. The van der Waals surface area contributed by atoms with E-state index in [0.717, 1.165) is 27.0 Å². The Morgan fingerprint density at radius 3 is 2.24 bits per heavy atom. The minimum Gasteiger partial charge on any atom is -0.352 e. The quantitative estimate of drug-likeness (QED) is 0.474. The van der Waals surface area contributed by atoms with Gasteiger partial charge in [0.15, 0.2) is 0 Å². The topological polar surface area (TPSA) is 86.8 Å². The third-order valence-corrected chi connectivity index (χ3v) is 7.21. The summed E-state index contributed by atoms with van der Waals surface area (Å²) in [6.07, 6.45) is 1.76. The van der Waals surface area contributed by atoms with E-state index in [1.807, 2.05) is 38.1 Å². The fourth-order valence-corrected chi connectivity index (χ4v) is 4.50. The molecule has 33 heavy (non-hydrogen) atoms. The van der Waals surface area contributed by atoms with E-state index >= 15 is 0 Å². The number of nitrogens with one attached hydrogen (secondary N) is 1. The second-order valence-corrected chi connectivity index (χ2v) is 11.1. The largest absolute Gasteiger partial charge is 0.352 e. The molecular weight excluding hydrogens is 530 g/mol. The van der Waals surface area contributed by atoms with Crippen molar-refractivity contribution >= 4 is 55.1 Å². The van der Waals surface area contributed by atoms with Crippen molar-refractivity contribution < 1.29 is 18.0 Å². The van der Waals surface area contributed by atoms with Gasteiger partial charge in [0.25, 0.3) is 0 Å². The maximum absolute atomic E-state index is 13.4. The van der Waals surface area contributed by atoms with Crippen molar-refractivity contribution in [2.45, 2.75) is 45.8 Å². The fourth-order valence-electron chi connectivity index (χ4n) is 3.08. The number of para-hydroxylation sites is 1. The van der Waals surface area contributed by atoms with Crippen LogP contribution in [0, 0.1) is 0 Å². The molecule has 0 aromatic heterocycles. The van der Waals surface area contributed by atoms with Crippen LogP contribution >= 0.6 is 27.5 Å². The summed E-state index contributed by atoms with van der Waals surface area (Å²) in [6.45, 7) is 5.12. The number of hydrogen-bond donors (Lipinski definition) is 1. The zero-order chi connectivity index (χ0) is 24.8. The average molecular weight is 559 g/mol. The fraction of sp³-hybridized carbons (Fsp3) is 0.391. The number of anilines is 1. The molecule has 10 heteroatoms. The molecule has 180 valence electrons. The number of rotatable bonds is 10. The molecule has 0 aliphatic rings. The van der Waals surface area contributed by atoms with Crippen LogP contribution in [-0.4, -0.2) is 50.0 Å². The molecule has 0 saturated heterocycles. The molecule has 2 atom stereocenters. The van der Waals surface area contributed by atoms with Crippen LogP contribution in [-0.2, 0) is 26.2 Å². The van der Waals surface area contributed by atoms with Gasteiger partial charge in [-0.05, 0) is 50.1 Å². The number of amides is 2. The first-order valence-corrected chi connectivity index (χ1v) is 13.5. The second-order valence-electron chi connectivity index (χ2n) is 7.86. The first kappa shape index (κ1) is 27.1. The van der Waals surface area contributed by atoms with Crippen molar-refractivity contribution in [1.82, 2.24) is 10.2 Å². The third kappa shape index (κ3) is 7.72. The van der Waals surface area contributed by atoms with E-state index in [4.69, 9.17) is 11.6 Å². The van der Waals surface area contributed by atoms with Crippen molar-refractivity contribution in [3.63, 3.8) is 0 Å². The maximum atomic E-state index is 13.4. The van der Waals surface area contributed by atoms with Gasteiger partial charge in [0, 0.05) is 17.1 Å². The molecule has 0 spiro atoms.